The van der Waals surface area contributed by atoms with Crippen molar-refractivity contribution < 1.29 is 14.7 Å². The molecular formula is C23H28N2O3. The van der Waals surface area contributed by atoms with Crippen LogP contribution in [-0.2, 0) is 21.4 Å². The quantitative estimate of drug-likeness (QED) is 0.766. The smallest absolute Gasteiger partial charge is 0.237 e. The van der Waals surface area contributed by atoms with Crippen molar-refractivity contribution >= 4 is 17.5 Å². The summed E-state index contributed by atoms with van der Waals surface area (Å²) >= 11 is 0. The summed E-state index contributed by atoms with van der Waals surface area (Å²) in [7, 11) is 3.56. The van der Waals surface area contributed by atoms with Gasteiger partial charge in [0, 0.05) is 39.4 Å². The topological polar surface area (TPSA) is 60.9 Å². The minimum atomic E-state index is -0.736. The Balaban J connectivity index is 1.91. The molecule has 1 heterocycles. The van der Waals surface area contributed by atoms with Crippen molar-refractivity contribution in [3.05, 3.63) is 65.7 Å². The maximum absolute atomic E-state index is 13.4. The molecule has 3 rings (SSSR count). The second-order valence-corrected chi connectivity index (χ2v) is 7.52. The number of anilines is 1. The molecule has 2 aromatic carbocycles. The molecule has 1 aliphatic heterocycles. The van der Waals surface area contributed by atoms with Gasteiger partial charge < -0.3 is 14.9 Å². The van der Waals surface area contributed by atoms with E-state index in [1.807, 2.05) is 61.6 Å². The van der Waals surface area contributed by atoms with Crippen LogP contribution in [0, 0.1) is 0 Å². The van der Waals surface area contributed by atoms with Gasteiger partial charge in [-0.1, -0.05) is 48.5 Å². The van der Waals surface area contributed by atoms with Crippen LogP contribution < -0.4 is 4.90 Å². The highest BCUT2D eigenvalue weighted by atomic mass is 16.3. The van der Waals surface area contributed by atoms with Gasteiger partial charge in [0.15, 0.2) is 0 Å². The molecule has 148 valence electrons. The van der Waals surface area contributed by atoms with E-state index in [1.54, 1.807) is 16.8 Å². The molecular weight excluding hydrogens is 352 g/mol. The predicted molar refractivity (Wildman–Crippen MR) is 110 cm³/mol. The van der Waals surface area contributed by atoms with E-state index in [9.17, 15) is 9.59 Å². The fourth-order valence-corrected chi connectivity index (χ4v) is 4.11. The summed E-state index contributed by atoms with van der Waals surface area (Å²) in [5.41, 5.74) is 2.27. The molecule has 5 nitrogen and oxygen atoms in total. The number of amides is 2. The van der Waals surface area contributed by atoms with Gasteiger partial charge in [0.2, 0.25) is 11.8 Å². The Hall–Kier alpha value is -2.66. The summed E-state index contributed by atoms with van der Waals surface area (Å²) in [6.45, 7) is 0.581. The summed E-state index contributed by atoms with van der Waals surface area (Å²) in [6.07, 6.45) is 1.89. The first-order chi connectivity index (χ1) is 13.5. The number of aliphatic hydroxyl groups excluding tert-OH is 1. The third kappa shape index (κ3) is 3.80. The van der Waals surface area contributed by atoms with Crippen LogP contribution in [0.1, 0.15) is 30.4 Å². The highest BCUT2D eigenvalue weighted by molar-refractivity contribution is 6.08. The van der Waals surface area contributed by atoms with E-state index >= 15 is 0 Å². The summed E-state index contributed by atoms with van der Waals surface area (Å²) < 4.78 is 0. The van der Waals surface area contributed by atoms with Crippen molar-refractivity contribution in [2.45, 2.75) is 31.1 Å². The molecule has 0 bridgehead atoms. The van der Waals surface area contributed by atoms with E-state index in [4.69, 9.17) is 5.11 Å². The van der Waals surface area contributed by atoms with Crippen LogP contribution in [0.3, 0.4) is 0 Å². The van der Waals surface area contributed by atoms with Crippen molar-refractivity contribution in [2.24, 2.45) is 0 Å². The largest absolute Gasteiger partial charge is 0.396 e. The number of para-hydroxylation sites is 1. The molecule has 5 heteroatoms. The van der Waals surface area contributed by atoms with Gasteiger partial charge in [0.1, 0.15) is 0 Å². The number of hydrogen-bond donors (Lipinski definition) is 1. The molecule has 0 aliphatic carbocycles. The summed E-state index contributed by atoms with van der Waals surface area (Å²) in [6, 6.07) is 17.9. The van der Waals surface area contributed by atoms with E-state index < -0.39 is 5.41 Å². The van der Waals surface area contributed by atoms with Gasteiger partial charge >= 0.3 is 0 Å². The third-order valence-corrected chi connectivity index (χ3v) is 5.69. The normalized spacial score (nSPS) is 18.2. The monoisotopic (exact) mass is 380 g/mol. The minimum Gasteiger partial charge on any atom is -0.396 e. The molecule has 0 unspecified atom stereocenters. The molecule has 2 aromatic rings. The molecule has 1 atom stereocenters. The maximum Gasteiger partial charge on any atom is 0.237 e. The van der Waals surface area contributed by atoms with Crippen LogP contribution in [0.15, 0.2) is 54.6 Å². The first-order valence-corrected chi connectivity index (χ1v) is 9.76. The zero-order valence-electron chi connectivity index (χ0n) is 16.6. The maximum atomic E-state index is 13.4. The lowest BCUT2D eigenvalue weighted by Gasteiger charge is -2.29. The van der Waals surface area contributed by atoms with Gasteiger partial charge in [-0.05, 0) is 36.5 Å². The average Bonchev–Trinajstić information content (AvgIpc) is 2.93. The molecule has 28 heavy (non-hydrogen) atoms. The van der Waals surface area contributed by atoms with E-state index in [1.165, 1.54) is 0 Å². The Bertz CT molecular complexity index is 837. The Kier molecular flexibility index (Phi) is 6.15. The van der Waals surface area contributed by atoms with Gasteiger partial charge in [-0.15, -0.1) is 0 Å². The van der Waals surface area contributed by atoms with Crippen molar-refractivity contribution in [3.8, 4) is 0 Å². The number of carbonyl (C=O) groups is 2. The van der Waals surface area contributed by atoms with Crippen LogP contribution >= 0.6 is 0 Å². The number of benzene rings is 2. The van der Waals surface area contributed by atoms with Gasteiger partial charge in [-0.3, -0.25) is 9.59 Å². The Morgan fingerprint density at radius 3 is 2.50 bits per heavy atom. The van der Waals surface area contributed by atoms with Crippen LogP contribution in [0.4, 0.5) is 5.69 Å². The molecule has 0 saturated heterocycles. The Morgan fingerprint density at radius 2 is 1.79 bits per heavy atom. The van der Waals surface area contributed by atoms with Gasteiger partial charge in [-0.25, -0.2) is 0 Å². The highest BCUT2D eigenvalue weighted by Crippen LogP contribution is 2.46. The summed E-state index contributed by atoms with van der Waals surface area (Å²) in [5, 5.41) is 8.99. The van der Waals surface area contributed by atoms with Crippen LogP contribution in [0.2, 0.25) is 0 Å². The lowest BCUT2D eigenvalue weighted by atomic mass is 9.73. The first kappa shape index (κ1) is 20.1. The number of likely N-dealkylation sites (N-methyl/N-ethyl adjacent to an activating group) is 1. The molecule has 1 N–H and O–H groups in total. The van der Waals surface area contributed by atoms with Gasteiger partial charge in [0.25, 0.3) is 0 Å². The van der Waals surface area contributed by atoms with Crippen molar-refractivity contribution in [1.29, 1.82) is 0 Å². The third-order valence-electron chi connectivity index (χ3n) is 5.69. The van der Waals surface area contributed by atoms with E-state index in [0.717, 1.165) is 16.8 Å². The number of carbonyl (C=O) groups excluding carboxylic acids is 2. The molecule has 0 aromatic heterocycles. The predicted octanol–water partition coefficient (Wildman–Crippen LogP) is 2.76. The fraction of sp³-hybridized carbons (Fsp3) is 0.391. The first-order valence-electron chi connectivity index (χ1n) is 9.76. The van der Waals surface area contributed by atoms with Crippen molar-refractivity contribution in [3.63, 3.8) is 0 Å². The fourth-order valence-electron chi connectivity index (χ4n) is 4.11. The summed E-state index contributed by atoms with van der Waals surface area (Å²) in [5.74, 6) is 0.0454. The summed E-state index contributed by atoms with van der Waals surface area (Å²) in [4.78, 5) is 29.4. The lowest BCUT2D eigenvalue weighted by Crippen LogP contribution is -2.41. The molecule has 0 spiro atoms. The molecule has 0 fully saturated rings. The Labute approximate surface area is 166 Å². The second kappa shape index (κ2) is 8.57. The molecule has 2 amide bonds. The minimum absolute atomic E-state index is 0.000667. The van der Waals surface area contributed by atoms with Gasteiger partial charge in [0.05, 0.1) is 5.41 Å². The number of rotatable bonds is 8. The number of nitrogens with zero attached hydrogens (tertiary/aromatic N) is 2. The number of hydrogen-bond acceptors (Lipinski definition) is 3. The van der Waals surface area contributed by atoms with E-state index in [0.29, 0.717) is 32.2 Å². The lowest BCUT2D eigenvalue weighted by molar-refractivity contribution is -0.131. The molecule has 0 saturated carbocycles. The standard InChI is InChI=1S/C23H28N2O3/c1-24(15-8-16-26)21(27)13-14-23(17-18-9-4-3-5-10-18)19-11-6-7-12-20(19)25(2)22(23)28/h3-7,9-12,26H,8,13-17H2,1-2H3/t23-/m1/s1. The van der Waals surface area contributed by atoms with Crippen LogP contribution in [0.5, 0.6) is 0 Å². The zero-order valence-corrected chi connectivity index (χ0v) is 16.6. The molecule has 1 aliphatic rings. The molecule has 0 radical (unpaired) electrons. The average molecular weight is 380 g/mol. The number of aliphatic hydroxyl groups is 1. The zero-order chi connectivity index (χ0) is 20.1. The van der Waals surface area contributed by atoms with Crippen LogP contribution in [-0.4, -0.2) is 49.1 Å². The van der Waals surface area contributed by atoms with E-state index in [2.05, 4.69) is 0 Å². The van der Waals surface area contributed by atoms with Crippen molar-refractivity contribution in [2.75, 3.05) is 32.1 Å². The SMILES string of the molecule is CN(CCCO)C(=O)CC[C@]1(Cc2ccccc2)C(=O)N(C)c2ccccc21. The Morgan fingerprint density at radius 1 is 1.11 bits per heavy atom. The number of fused-ring (bicyclic) bond motifs is 1. The second-order valence-electron chi connectivity index (χ2n) is 7.52. The highest BCUT2D eigenvalue weighted by Gasteiger charge is 2.49. The van der Waals surface area contributed by atoms with Gasteiger partial charge in [-0.2, -0.15) is 0 Å². The van der Waals surface area contributed by atoms with Crippen LogP contribution in [0.25, 0.3) is 0 Å². The van der Waals surface area contributed by atoms with Crippen molar-refractivity contribution in [1.82, 2.24) is 4.90 Å². The van der Waals surface area contributed by atoms with E-state index in [-0.39, 0.29) is 18.4 Å².